The van der Waals surface area contributed by atoms with Gasteiger partial charge >= 0.3 is 5.97 Å². The van der Waals surface area contributed by atoms with E-state index in [4.69, 9.17) is 0 Å². The minimum Gasteiger partial charge on any atom is -0.482 e. The van der Waals surface area contributed by atoms with E-state index < -0.39 is 0 Å². The number of esters is 1. The standard InChI is InChI=1S/C4H8O2.C3H5NO/c1-3-4(5)6-2;1-2-5-3-4-1/h3H2,1-2H3;3H,1-2H2. The Morgan fingerprint density at radius 3 is 2.64 bits per heavy atom. The lowest BCUT2D eigenvalue weighted by molar-refractivity contribution is -0.140. The molecule has 4 nitrogen and oxygen atoms in total. The van der Waals surface area contributed by atoms with Crippen LogP contribution in [0.2, 0.25) is 0 Å². The molecule has 0 fully saturated rings. The van der Waals surface area contributed by atoms with Crippen molar-refractivity contribution in [3.05, 3.63) is 0 Å². The van der Waals surface area contributed by atoms with Crippen LogP contribution >= 0.6 is 0 Å². The predicted molar refractivity (Wildman–Crippen MR) is 41.6 cm³/mol. The van der Waals surface area contributed by atoms with E-state index in [2.05, 4.69) is 14.5 Å². The Bertz CT molecular complexity index is 122. The van der Waals surface area contributed by atoms with Gasteiger partial charge in [-0.25, -0.2) is 0 Å². The number of rotatable bonds is 1. The van der Waals surface area contributed by atoms with Crippen molar-refractivity contribution in [3.63, 3.8) is 0 Å². The monoisotopic (exact) mass is 159 g/mol. The van der Waals surface area contributed by atoms with Crippen molar-refractivity contribution in [2.24, 2.45) is 4.99 Å². The Balaban J connectivity index is 0.000000183. The SMILES string of the molecule is C1=NCCO1.CCC(=O)OC. The first-order valence-electron chi connectivity index (χ1n) is 3.48. The molecule has 0 radical (unpaired) electrons. The van der Waals surface area contributed by atoms with Crippen molar-refractivity contribution in [1.29, 1.82) is 0 Å². The van der Waals surface area contributed by atoms with Crippen LogP contribution in [0.1, 0.15) is 13.3 Å². The maximum atomic E-state index is 9.96. The second-order valence-corrected chi connectivity index (χ2v) is 1.81. The van der Waals surface area contributed by atoms with Crippen LogP contribution < -0.4 is 0 Å². The molecule has 1 rings (SSSR count). The lowest BCUT2D eigenvalue weighted by atomic mass is 10.5. The quantitative estimate of drug-likeness (QED) is 0.527. The molecule has 1 aliphatic rings. The molecule has 0 unspecified atom stereocenters. The van der Waals surface area contributed by atoms with E-state index in [1.54, 1.807) is 6.92 Å². The lowest BCUT2D eigenvalue weighted by Crippen LogP contribution is -1.94. The highest BCUT2D eigenvalue weighted by molar-refractivity contribution is 5.68. The van der Waals surface area contributed by atoms with Crippen molar-refractivity contribution >= 4 is 12.4 Å². The van der Waals surface area contributed by atoms with Gasteiger partial charge in [-0.3, -0.25) is 9.79 Å². The molecule has 4 heteroatoms. The van der Waals surface area contributed by atoms with Gasteiger partial charge in [-0.15, -0.1) is 0 Å². The third-order valence-corrected chi connectivity index (χ3v) is 1.00. The number of carbonyl (C=O) groups is 1. The Morgan fingerprint density at radius 2 is 2.55 bits per heavy atom. The minimum absolute atomic E-state index is 0.157. The maximum Gasteiger partial charge on any atom is 0.305 e. The lowest BCUT2D eigenvalue weighted by Gasteiger charge is -1.87. The third kappa shape index (κ3) is 6.83. The topological polar surface area (TPSA) is 47.9 Å². The van der Waals surface area contributed by atoms with Crippen LogP contribution in [-0.4, -0.2) is 32.6 Å². The molecule has 0 bridgehead atoms. The molecule has 1 heterocycles. The summed E-state index contributed by atoms with van der Waals surface area (Å²) in [5.41, 5.74) is 0. The van der Waals surface area contributed by atoms with Crippen LogP contribution in [-0.2, 0) is 14.3 Å². The number of carbonyl (C=O) groups excluding carboxylic acids is 1. The van der Waals surface area contributed by atoms with Gasteiger partial charge in [0.15, 0.2) is 6.40 Å². The van der Waals surface area contributed by atoms with Gasteiger partial charge in [-0.1, -0.05) is 6.92 Å². The molecule has 0 aliphatic carbocycles. The zero-order valence-electron chi connectivity index (χ0n) is 6.87. The second-order valence-electron chi connectivity index (χ2n) is 1.81. The molecule has 0 saturated carbocycles. The van der Waals surface area contributed by atoms with Gasteiger partial charge in [0.05, 0.1) is 13.7 Å². The van der Waals surface area contributed by atoms with Crippen LogP contribution in [0.3, 0.4) is 0 Å². The maximum absolute atomic E-state index is 9.96. The van der Waals surface area contributed by atoms with E-state index in [-0.39, 0.29) is 5.97 Å². The van der Waals surface area contributed by atoms with Gasteiger partial charge in [0.1, 0.15) is 6.61 Å². The van der Waals surface area contributed by atoms with E-state index in [1.165, 1.54) is 13.5 Å². The van der Waals surface area contributed by atoms with Crippen LogP contribution in [0.4, 0.5) is 0 Å². The fourth-order valence-electron chi connectivity index (χ4n) is 0.408. The third-order valence-electron chi connectivity index (χ3n) is 1.00. The fourth-order valence-corrected chi connectivity index (χ4v) is 0.408. The first kappa shape index (κ1) is 9.94. The highest BCUT2D eigenvalue weighted by Gasteiger charge is 1.87. The normalized spacial score (nSPS) is 12.9. The molecule has 0 spiro atoms. The fraction of sp³-hybridized carbons (Fsp3) is 0.714. The molecule has 0 aromatic carbocycles. The van der Waals surface area contributed by atoms with Crippen molar-refractivity contribution in [2.75, 3.05) is 20.3 Å². The predicted octanol–water partition coefficient (Wildman–Crippen LogP) is 0.614. The number of aliphatic imine (C=N–C) groups is 1. The zero-order valence-corrected chi connectivity index (χ0v) is 6.87. The van der Waals surface area contributed by atoms with Gasteiger partial charge < -0.3 is 9.47 Å². The minimum atomic E-state index is -0.157. The molecular weight excluding hydrogens is 146 g/mol. The highest BCUT2D eigenvalue weighted by atomic mass is 16.5. The average molecular weight is 159 g/mol. The largest absolute Gasteiger partial charge is 0.482 e. The first-order chi connectivity index (χ1) is 5.31. The number of ether oxygens (including phenoxy) is 2. The summed E-state index contributed by atoms with van der Waals surface area (Å²) >= 11 is 0. The summed E-state index contributed by atoms with van der Waals surface area (Å²) in [5.74, 6) is -0.157. The summed E-state index contributed by atoms with van der Waals surface area (Å²) < 4.78 is 8.91. The summed E-state index contributed by atoms with van der Waals surface area (Å²) in [4.78, 5) is 13.7. The number of hydrogen-bond donors (Lipinski definition) is 0. The first-order valence-corrected chi connectivity index (χ1v) is 3.48. The number of hydrogen-bond acceptors (Lipinski definition) is 4. The summed E-state index contributed by atoms with van der Waals surface area (Å²) in [7, 11) is 1.38. The molecule has 0 aromatic heterocycles. The molecule has 0 amide bonds. The molecule has 0 N–H and O–H groups in total. The summed E-state index contributed by atoms with van der Waals surface area (Å²) in [6.45, 7) is 3.38. The summed E-state index contributed by atoms with van der Waals surface area (Å²) in [6, 6.07) is 0. The van der Waals surface area contributed by atoms with Gasteiger partial charge in [0.25, 0.3) is 0 Å². The van der Waals surface area contributed by atoms with Crippen LogP contribution in [0, 0.1) is 0 Å². The van der Waals surface area contributed by atoms with Gasteiger partial charge in [0, 0.05) is 6.42 Å². The van der Waals surface area contributed by atoms with Crippen molar-refractivity contribution in [3.8, 4) is 0 Å². The van der Waals surface area contributed by atoms with E-state index in [9.17, 15) is 4.79 Å². The average Bonchev–Trinajstić information content (AvgIpc) is 2.60. The van der Waals surface area contributed by atoms with Gasteiger partial charge in [-0.05, 0) is 0 Å². The van der Waals surface area contributed by atoms with Crippen LogP contribution in [0.25, 0.3) is 0 Å². The summed E-state index contributed by atoms with van der Waals surface area (Å²) in [6.07, 6.45) is 1.95. The molecule has 11 heavy (non-hydrogen) atoms. The van der Waals surface area contributed by atoms with Gasteiger partial charge in [0.2, 0.25) is 0 Å². The molecular formula is C7H13NO3. The molecule has 0 aromatic rings. The Kier molecular flexibility index (Phi) is 6.37. The molecule has 1 aliphatic heterocycles. The number of methoxy groups -OCH3 is 1. The van der Waals surface area contributed by atoms with Gasteiger partial charge in [-0.2, -0.15) is 0 Å². The van der Waals surface area contributed by atoms with Crippen LogP contribution in [0.15, 0.2) is 4.99 Å². The second kappa shape index (κ2) is 7.05. The highest BCUT2D eigenvalue weighted by Crippen LogP contribution is 1.78. The molecule has 0 atom stereocenters. The smallest absolute Gasteiger partial charge is 0.305 e. The number of nitrogens with zero attached hydrogens (tertiary/aromatic N) is 1. The summed E-state index contributed by atoms with van der Waals surface area (Å²) in [5, 5.41) is 0. The van der Waals surface area contributed by atoms with E-state index in [1.807, 2.05) is 0 Å². The van der Waals surface area contributed by atoms with E-state index >= 15 is 0 Å². The molecule has 0 saturated heterocycles. The van der Waals surface area contributed by atoms with E-state index in [0.717, 1.165) is 13.2 Å². The van der Waals surface area contributed by atoms with Crippen molar-refractivity contribution in [2.45, 2.75) is 13.3 Å². The molecule has 64 valence electrons. The Morgan fingerprint density at radius 1 is 1.82 bits per heavy atom. The Hall–Kier alpha value is -1.06. The zero-order chi connectivity index (χ0) is 8.53. The Labute approximate surface area is 66.2 Å². The van der Waals surface area contributed by atoms with Crippen molar-refractivity contribution < 1.29 is 14.3 Å². The van der Waals surface area contributed by atoms with Crippen molar-refractivity contribution in [1.82, 2.24) is 0 Å². The van der Waals surface area contributed by atoms with Crippen LogP contribution in [0.5, 0.6) is 0 Å². The van der Waals surface area contributed by atoms with E-state index in [0.29, 0.717) is 6.42 Å².